The molecule has 0 saturated carbocycles. The SMILES string of the molecule is CCC(c1ccccc1)C(Br)[Si](OC)(OC)OC. The molecule has 0 heterocycles. The number of rotatable bonds is 7. The molecule has 0 aliphatic heterocycles. The van der Waals surface area contributed by atoms with Crippen molar-refractivity contribution in [1.29, 1.82) is 0 Å². The fraction of sp³-hybridized carbons (Fsp3) is 0.538. The van der Waals surface area contributed by atoms with Gasteiger partial charge in [-0.25, -0.2) is 0 Å². The lowest BCUT2D eigenvalue weighted by Crippen LogP contribution is -2.53. The van der Waals surface area contributed by atoms with E-state index in [1.54, 1.807) is 21.3 Å². The smallest absolute Gasteiger partial charge is 0.376 e. The van der Waals surface area contributed by atoms with Crippen LogP contribution < -0.4 is 0 Å². The highest BCUT2D eigenvalue weighted by Gasteiger charge is 2.49. The molecule has 1 aromatic rings. The predicted molar refractivity (Wildman–Crippen MR) is 79.0 cm³/mol. The fourth-order valence-electron chi connectivity index (χ4n) is 2.15. The maximum atomic E-state index is 5.55. The quantitative estimate of drug-likeness (QED) is 0.566. The summed E-state index contributed by atoms with van der Waals surface area (Å²) in [6.07, 6.45) is 0.991. The second kappa shape index (κ2) is 7.40. The summed E-state index contributed by atoms with van der Waals surface area (Å²) in [5.41, 5.74) is 1.27. The third-order valence-corrected chi connectivity index (χ3v) is 8.32. The Kier molecular flexibility index (Phi) is 6.52. The van der Waals surface area contributed by atoms with Gasteiger partial charge in [0, 0.05) is 27.2 Å². The normalized spacial score (nSPS) is 15.4. The summed E-state index contributed by atoms with van der Waals surface area (Å²) in [7, 11) is 2.26. The van der Waals surface area contributed by atoms with Gasteiger partial charge >= 0.3 is 8.80 Å². The zero-order valence-corrected chi connectivity index (χ0v) is 13.9. The van der Waals surface area contributed by atoms with Crippen LogP contribution in [0.4, 0.5) is 0 Å². The topological polar surface area (TPSA) is 27.7 Å². The van der Waals surface area contributed by atoms with Gasteiger partial charge in [0.05, 0.1) is 4.45 Å². The van der Waals surface area contributed by atoms with Crippen LogP contribution in [0.5, 0.6) is 0 Å². The van der Waals surface area contributed by atoms with E-state index < -0.39 is 8.80 Å². The molecule has 1 aromatic carbocycles. The van der Waals surface area contributed by atoms with Gasteiger partial charge in [-0.2, -0.15) is 0 Å². The Labute approximate surface area is 119 Å². The van der Waals surface area contributed by atoms with Crippen LogP contribution in [-0.4, -0.2) is 34.6 Å². The van der Waals surface area contributed by atoms with Crippen molar-refractivity contribution in [3.63, 3.8) is 0 Å². The van der Waals surface area contributed by atoms with Crippen LogP contribution in [0, 0.1) is 0 Å². The van der Waals surface area contributed by atoms with Gasteiger partial charge in [-0.1, -0.05) is 53.2 Å². The monoisotopic (exact) mass is 332 g/mol. The molecule has 0 aromatic heterocycles. The molecule has 0 aliphatic rings. The van der Waals surface area contributed by atoms with Crippen LogP contribution in [0.2, 0.25) is 0 Å². The van der Waals surface area contributed by atoms with Crippen LogP contribution in [0.1, 0.15) is 24.8 Å². The van der Waals surface area contributed by atoms with Gasteiger partial charge in [0.15, 0.2) is 0 Å². The minimum absolute atomic E-state index is 0.0393. The van der Waals surface area contributed by atoms with E-state index in [0.29, 0.717) is 5.92 Å². The molecule has 2 atom stereocenters. The van der Waals surface area contributed by atoms with E-state index in [2.05, 4.69) is 35.0 Å². The van der Waals surface area contributed by atoms with Gasteiger partial charge in [-0.05, 0) is 12.0 Å². The van der Waals surface area contributed by atoms with Crippen LogP contribution in [0.25, 0.3) is 0 Å². The molecule has 102 valence electrons. The number of halogens is 1. The predicted octanol–water partition coefficient (Wildman–Crippen LogP) is 3.36. The first-order chi connectivity index (χ1) is 8.65. The number of hydrogen-bond donors (Lipinski definition) is 0. The summed E-state index contributed by atoms with van der Waals surface area (Å²) in [6.45, 7) is 2.16. The van der Waals surface area contributed by atoms with E-state index in [4.69, 9.17) is 13.3 Å². The molecular formula is C13H21BrO3Si. The highest BCUT2D eigenvalue weighted by molar-refractivity contribution is 9.10. The summed E-state index contributed by atoms with van der Waals surface area (Å²) in [5, 5.41) is 0. The lowest BCUT2D eigenvalue weighted by Gasteiger charge is -2.33. The number of alkyl halides is 1. The molecule has 2 unspecified atom stereocenters. The van der Waals surface area contributed by atoms with Gasteiger partial charge in [-0.15, -0.1) is 0 Å². The van der Waals surface area contributed by atoms with E-state index in [9.17, 15) is 0 Å². The standard InChI is InChI=1S/C13H21BrO3Si/c1-5-12(11-9-7-6-8-10-11)13(14)18(15-2,16-3)17-4/h6-10,12-13H,5H2,1-4H3. The Bertz CT molecular complexity index is 335. The Morgan fingerprint density at radius 1 is 1.06 bits per heavy atom. The van der Waals surface area contributed by atoms with Crippen molar-refractivity contribution in [3.05, 3.63) is 35.9 Å². The summed E-state index contributed by atoms with van der Waals surface area (Å²) in [4.78, 5) is 0. The number of hydrogen-bond acceptors (Lipinski definition) is 3. The van der Waals surface area contributed by atoms with Crippen LogP contribution >= 0.6 is 15.9 Å². The van der Waals surface area contributed by atoms with Crippen molar-refractivity contribution < 1.29 is 13.3 Å². The number of benzene rings is 1. The molecule has 18 heavy (non-hydrogen) atoms. The third kappa shape index (κ3) is 3.22. The summed E-state index contributed by atoms with van der Waals surface area (Å²) >= 11 is 3.73. The first-order valence-electron chi connectivity index (χ1n) is 5.99. The molecule has 3 nitrogen and oxygen atoms in total. The minimum Gasteiger partial charge on any atom is -0.376 e. The van der Waals surface area contributed by atoms with Crippen molar-refractivity contribution in [2.75, 3.05) is 21.3 Å². The van der Waals surface area contributed by atoms with Crippen LogP contribution in [-0.2, 0) is 13.3 Å². The molecule has 0 radical (unpaired) electrons. The highest BCUT2D eigenvalue weighted by atomic mass is 79.9. The van der Waals surface area contributed by atoms with E-state index in [-0.39, 0.29) is 4.45 Å². The Hall–Kier alpha value is -0.203. The minimum atomic E-state index is -2.67. The van der Waals surface area contributed by atoms with Gasteiger partial charge < -0.3 is 13.3 Å². The average Bonchev–Trinajstić information content (AvgIpc) is 2.43. The third-order valence-electron chi connectivity index (χ3n) is 3.21. The van der Waals surface area contributed by atoms with Gasteiger partial charge in [0.2, 0.25) is 0 Å². The molecule has 0 spiro atoms. The Balaban J connectivity index is 3.01. The Morgan fingerprint density at radius 3 is 1.94 bits per heavy atom. The fourth-order valence-corrected chi connectivity index (χ4v) is 6.60. The average molecular weight is 333 g/mol. The van der Waals surface area contributed by atoms with E-state index >= 15 is 0 Å². The zero-order chi connectivity index (χ0) is 13.6. The maximum Gasteiger partial charge on any atom is 0.515 e. The highest BCUT2D eigenvalue weighted by Crippen LogP contribution is 2.35. The van der Waals surface area contributed by atoms with Crippen LogP contribution in [0.3, 0.4) is 0 Å². The molecule has 1 rings (SSSR count). The molecule has 0 N–H and O–H groups in total. The first-order valence-corrected chi connectivity index (χ1v) is 8.71. The van der Waals surface area contributed by atoms with Crippen molar-refractivity contribution >= 4 is 24.7 Å². The molecular weight excluding hydrogens is 312 g/mol. The van der Waals surface area contributed by atoms with Crippen molar-refractivity contribution in [3.8, 4) is 0 Å². The van der Waals surface area contributed by atoms with Gasteiger partial charge in [0.1, 0.15) is 0 Å². The molecule has 0 bridgehead atoms. The lowest BCUT2D eigenvalue weighted by molar-refractivity contribution is 0.119. The summed E-state index contributed by atoms with van der Waals surface area (Å²) < 4.78 is 16.7. The lowest BCUT2D eigenvalue weighted by atomic mass is 9.99. The second-order valence-corrected chi connectivity index (χ2v) is 8.93. The molecule has 0 fully saturated rings. The second-order valence-electron chi connectivity index (χ2n) is 4.04. The van der Waals surface area contributed by atoms with E-state index in [1.807, 2.05) is 18.2 Å². The molecule has 0 saturated heterocycles. The summed E-state index contributed by atoms with van der Waals surface area (Å²) in [6, 6.07) is 10.4. The Morgan fingerprint density at radius 2 is 1.56 bits per heavy atom. The summed E-state index contributed by atoms with van der Waals surface area (Å²) in [5.74, 6) is 0.303. The van der Waals surface area contributed by atoms with Gasteiger partial charge in [-0.3, -0.25) is 0 Å². The first kappa shape index (κ1) is 15.9. The van der Waals surface area contributed by atoms with Crippen molar-refractivity contribution in [1.82, 2.24) is 0 Å². The molecule has 0 amide bonds. The van der Waals surface area contributed by atoms with E-state index in [1.165, 1.54) is 5.56 Å². The maximum absolute atomic E-state index is 5.55. The van der Waals surface area contributed by atoms with Crippen molar-refractivity contribution in [2.24, 2.45) is 0 Å². The molecule has 5 heteroatoms. The van der Waals surface area contributed by atoms with Gasteiger partial charge in [0.25, 0.3) is 0 Å². The largest absolute Gasteiger partial charge is 0.515 e. The van der Waals surface area contributed by atoms with E-state index in [0.717, 1.165) is 6.42 Å². The van der Waals surface area contributed by atoms with Crippen LogP contribution in [0.15, 0.2) is 30.3 Å². The van der Waals surface area contributed by atoms with Crippen molar-refractivity contribution in [2.45, 2.75) is 23.7 Å². The zero-order valence-electron chi connectivity index (χ0n) is 11.4. The molecule has 0 aliphatic carbocycles.